The first-order valence-corrected chi connectivity index (χ1v) is 36.3. The molecule has 3 heterocycles. The van der Waals surface area contributed by atoms with Crippen molar-refractivity contribution >= 4 is 60.7 Å². The summed E-state index contributed by atoms with van der Waals surface area (Å²) in [4.78, 5) is 2.44. The zero-order valence-corrected chi connectivity index (χ0v) is 58.4. The zero-order chi connectivity index (χ0) is 69.4. The van der Waals surface area contributed by atoms with Crippen LogP contribution in [0.25, 0.3) is 150 Å². The van der Waals surface area contributed by atoms with Gasteiger partial charge in [-0.15, -0.1) is 0 Å². The molecule has 0 amide bonds. The van der Waals surface area contributed by atoms with Gasteiger partial charge in [0.15, 0.2) is 0 Å². The van der Waals surface area contributed by atoms with E-state index >= 15 is 0 Å². The van der Waals surface area contributed by atoms with E-state index in [0.717, 1.165) is 34.1 Å². The van der Waals surface area contributed by atoms with Crippen molar-refractivity contribution in [2.45, 2.75) is 38.5 Å². The minimum Gasteiger partial charge on any atom is -0.310 e. The second kappa shape index (κ2) is 23.8. The number of anilines is 3. The molecular weight excluding hydrogens is 1260 g/mol. The third-order valence-electron chi connectivity index (χ3n) is 22.6. The summed E-state index contributed by atoms with van der Waals surface area (Å²) in [5.41, 5.74) is 35.8. The first-order valence-electron chi connectivity index (χ1n) is 36.3. The Labute approximate surface area is 606 Å². The van der Waals surface area contributed by atoms with Gasteiger partial charge in [-0.1, -0.05) is 270 Å². The van der Waals surface area contributed by atoms with Crippen LogP contribution in [0.3, 0.4) is 0 Å². The van der Waals surface area contributed by atoms with Gasteiger partial charge in [0.2, 0.25) is 0 Å². The molecule has 0 saturated carbocycles. The molecule has 0 fully saturated rings. The molecule has 0 unspecified atom stereocenters. The Morgan fingerprint density at radius 1 is 0.212 bits per heavy atom. The topological polar surface area (TPSA) is 18.0 Å². The van der Waals surface area contributed by atoms with E-state index in [9.17, 15) is 0 Å². The molecule has 0 atom stereocenters. The molecule has 104 heavy (non-hydrogen) atoms. The predicted molar refractivity (Wildman–Crippen MR) is 437 cm³/mol. The SMILES string of the molecule is CC1(C)c2cc(-c3ccc(N(c4ccc(-c5ccc6c(c5)C(C)(C)c5cc7c(cc5-6)c(-c5ccccc5)c(-c5ccccc5)n7-c5ccccc5)cc4)c4ccc5c(c4)c4ccccc4n5-c4ccccc4)cc3)ccc2-c2cc3c(-c4ccccc4)c(-c4ccccc4)n(-c4ccccc4)c3cc21. The van der Waals surface area contributed by atoms with Crippen molar-refractivity contribution < 1.29 is 0 Å². The minimum atomic E-state index is -0.281. The highest BCUT2D eigenvalue weighted by Gasteiger charge is 2.40. The Kier molecular flexibility index (Phi) is 13.9. The Morgan fingerprint density at radius 2 is 0.548 bits per heavy atom. The lowest BCUT2D eigenvalue weighted by atomic mass is 9.81. The van der Waals surface area contributed by atoms with Crippen LogP contribution in [0.15, 0.2) is 364 Å². The fourth-order valence-electron chi connectivity index (χ4n) is 17.6. The van der Waals surface area contributed by atoms with Gasteiger partial charge in [0.05, 0.1) is 33.5 Å². The molecule has 4 nitrogen and oxygen atoms in total. The van der Waals surface area contributed by atoms with E-state index in [1.54, 1.807) is 0 Å². The van der Waals surface area contributed by atoms with E-state index < -0.39 is 0 Å². The largest absolute Gasteiger partial charge is 0.310 e. The lowest BCUT2D eigenvalue weighted by Crippen LogP contribution is -2.15. The van der Waals surface area contributed by atoms with Gasteiger partial charge in [-0.25, -0.2) is 0 Å². The summed E-state index contributed by atoms with van der Waals surface area (Å²) >= 11 is 0. The Bertz CT molecular complexity index is 6070. The maximum atomic E-state index is 2.50. The second-order valence-electron chi connectivity index (χ2n) is 29.2. The fraction of sp³-hybridized carbons (Fsp3) is 0.0600. The summed E-state index contributed by atoms with van der Waals surface area (Å²) in [6.45, 7) is 9.64. The van der Waals surface area contributed by atoms with Crippen LogP contribution in [-0.2, 0) is 10.8 Å². The fourth-order valence-corrected chi connectivity index (χ4v) is 17.6. The average Bonchev–Trinajstić information content (AvgIpc) is 1.55. The van der Waals surface area contributed by atoms with Crippen LogP contribution < -0.4 is 4.90 Å². The first kappa shape index (κ1) is 60.9. The number of benzene rings is 15. The van der Waals surface area contributed by atoms with Crippen molar-refractivity contribution in [2.24, 2.45) is 0 Å². The van der Waals surface area contributed by atoms with Crippen molar-refractivity contribution in [1.29, 1.82) is 0 Å². The molecule has 0 radical (unpaired) electrons. The Hall–Kier alpha value is -13.0. The van der Waals surface area contributed by atoms with Gasteiger partial charge in [0.25, 0.3) is 0 Å². The van der Waals surface area contributed by atoms with E-state index in [-0.39, 0.29) is 10.8 Å². The number of fused-ring (bicyclic) bond motifs is 11. The van der Waals surface area contributed by atoms with Gasteiger partial charge in [0, 0.05) is 77.6 Å². The summed E-state index contributed by atoms with van der Waals surface area (Å²) in [5.74, 6) is 0. The molecule has 20 rings (SSSR count). The van der Waals surface area contributed by atoms with Crippen LogP contribution in [-0.4, -0.2) is 13.7 Å². The van der Waals surface area contributed by atoms with Crippen LogP contribution in [0.1, 0.15) is 49.9 Å². The number of hydrogen-bond donors (Lipinski definition) is 0. The third-order valence-corrected chi connectivity index (χ3v) is 22.6. The standard InChI is InChI=1S/C100H72N4/c1-99(2)87-58-71(48-55-79(87)82-61-85-93(63-89(82)99)103(74-38-22-10-23-39-74)97(69-32-16-7-17-33-69)95(85)67-28-12-5-13-29-67)65-44-50-76(51-45-65)101(78-54-57-92-84(60-78)81-42-26-27-43-91(81)102(92)73-36-20-9-21-37-73)77-52-46-66(47-53-77)72-49-56-80-83-62-86-94(64-90(83)100(3,4)88(80)59-72)104(75-40-24-11-25-41-75)98(70-34-18-8-19-35-70)96(86)68-30-14-6-15-31-68/h5-64H,1-4H3. The first-order chi connectivity index (χ1) is 51.1. The van der Waals surface area contributed by atoms with Crippen LogP contribution in [0.2, 0.25) is 0 Å². The average molecular weight is 1330 g/mol. The lowest BCUT2D eigenvalue weighted by molar-refractivity contribution is 0.661. The van der Waals surface area contributed by atoms with Crippen molar-refractivity contribution in [1.82, 2.24) is 13.7 Å². The zero-order valence-electron chi connectivity index (χ0n) is 58.4. The quantitative estimate of drug-likeness (QED) is 0.119. The molecule has 4 heteroatoms. The lowest BCUT2D eigenvalue weighted by Gasteiger charge is -2.26. The van der Waals surface area contributed by atoms with E-state index in [1.807, 2.05) is 0 Å². The molecular formula is C100H72N4. The molecule has 2 aliphatic rings. The molecule has 492 valence electrons. The number of nitrogens with zero attached hydrogens (tertiary/aromatic N) is 4. The molecule has 0 saturated heterocycles. The van der Waals surface area contributed by atoms with Crippen LogP contribution in [0.5, 0.6) is 0 Å². The minimum absolute atomic E-state index is 0.281. The van der Waals surface area contributed by atoms with E-state index in [0.29, 0.717) is 0 Å². The molecule has 2 aliphatic carbocycles. The highest BCUT2D eigenvalue weighted by molar-refractivity contribution is 6.13. The van der Waals surface area contributed by atoms with Crippen molar-refractivity contribution in [3.63, 3.8) is 0 Å². The predicted octanol–water partition coefficient (Wildman–Crippen LogP) is 26.8. The molecule has 3 aromatic heterocycles. The van der Waals surface area contributed by atoms with E-state index in [2.05, 4.69) is 410 Å². The van der Waals surface area contributed by atoms with Gasteiger partial charge < -0.3 is 18.6 Å². The number of rotatable bonds is 12. The number of para-hydroxylation sites is 4. The van der Waals surface area contributed by atoms with Gasteiger partial charge in [-0.2, -0.15) is 0 Å². The van der Waals surface area contributed by atoms with E-state index in [1.165, 1.54) is 155 Å². The molecule has 15 aromatic carbocycles. The maximum absolute atomic E-state index is 2.50. The van der Waals surface area contributed by atoms with E-state index in [4.69, 9.17) is 0 Å². The highest BCUT2D eigenvalue weighted by atomic mass is 15.1. The molecule has 0 bridgehead atoms. The van der Waals surface area contributed by atoms with Crippen molar-refractivity contribution in [3.8, 4) is 106 Å². The monoisotopic (exact) mass is 1330 g/mol. The second-order valence-corrected chi connectivity index (χ2v) is 29.2. The summed E-state index contributed by atoms with van der Waals surface area (Å²) in [6.07, 6.45) is 0. The smallest absolute Gasteiger partial charge is 0.0619 e. The van der Waals surface area contributed by atoms with Crippen molar-refractivity contribution in [3.05, 3.63) is 386 Å². The molecule has 0 aliphatic heterocycles. The van der Waals surface area contributed by atoms with Gasteiger partial charge in [-0.3, -0.25) is 0 Å². The maximum Gasteiger partial charge on any atom is 0.0619 e. The number of hydrogen-bond acceptors (Lipinski definition) is 1. The third kappa shape index (κ3) is 9.52. The summed E-state index contributed by atoms with van der Waals surface area (Å²) in [6, 6.07) is 135. The summed E-state index contributed by atoms with van der Waals surface area (Å²) in [7, 11) is 0. The number of aromatic nitrogens is 3. The van der Waals surface area contributed by atoms with Gasteiger partial charge in [0.1, 0.15) is 0 Å². The van der Waals surface area contributed by atoms with Gasteiger partial charge >= 0.3 is 0 Å². The van der Waals surface area contributed by atoms with Crippen molar-refractivity contribution in [2.75, 3.05) is 4.90 Å². The summed E-state index contributed by atoms with van der Waals surface area (Å²) in [5, 5.41) is 4.91. The molecule has 0 N–H and O–H groups in total. The van der Waals surface area contributed by atoms with Crippen LogP contribution >= 0.6 is 0 Å². The summed E-state index contributed by atoms with van der Waals surface area (Å²) < 4.78 is 7.39. The molecule has 18 aromatic rings. The highest BCUT2D eigenvalue weighted by Crippen LogP contribution is 2.56. The Morgan fingerprint density at radius 3 is 0.971 bits per heavy atom. The Balaban J connectivity index is 0.684. The molecule has 0 spiro atoms. The van der Waals surface area contributed by atoms with Crippen LogP contribution in [0, 0.1) is 0 Å². The normalized spacial score (nSPS) is 13.2. The van der Waals surface area contributed by atoms with Gasteiger partial charge in [-0.05, 0) is 210 Å². The van der Waals surface area contributed by atoms with Crippen LogP contribution in [0.4, 0.5) is 17.1 Å².